The molecule has 0 radical (unpaired) electrons. The molecular formula is C24H36N2O2. The van der Waals surface area contributed by atoms with E-state index in [1.165, 1.54) is 44.9 Å². The van der Waals surface area contributed by atoms with Gasteiger partial charge in [0.15, 0.2) is 0 Å². The smallest absolute Gasteiger partial charge is 0.245 e. The van der Waals surface area contributed by atoms with Crippen LogP contribution in [-0.4, -0.2) is 47.3 Å². The number of hydrogen-bond donors (Lipinski definition) is 0. The molecule has 7 rings (SSSR count). The molecule has 0 aromatic carbocycles. The van der Waals surface area contributed by atoms with Crippen LogP contribution < -0.4 is 0 Å². The highest BCUT2D eigenvalue weighted by molar-refractivity contribution is 5.91. The average molecular weight is 385 g/mol. The fourth-order valence-corrected chi connectivity index (χ4v) is 8.77. The topological polar surface area (TPSA) is 40.6 Å². The van der Waals surface area contributed by atoms with E-state index in [1.807, 2.05) is 0 Å². The Balaban J connectivity index is 1.20. The quantitative estimate of drug-likeness (QED) is 0.726. The maximum atomic E-state index is 13.8. The minimum Gasteiger partial charge on any atom is -0.340 e. The summed E-state index contributed by atoms with van der Waals surface area (Å²) in [6.07, 6.45) is 14.6. The van der Waals surface area contributed by atoms with Crippen LogP contribution in [0.25, 0.3) is 0 Å². The summed E-state index contributed by atoms with van der Waals surface area (Å²) in [7, 11) is 0. The zero-order valence-corrected chi connectivity index (χ0v) is 17.3. The van der Waals surface area contributed by atoms with Crippen molar-refractivity contribution in [1.82, 2.24) is 9.80 Å². The first-order valence-electron chi connectivity index (χ1n) is 12.2. The van der Waals surface area contributed by atoms with Gasteiger partial charge in [-0.05, 0) is 100 Å². The molecule has 7 aliphatic rings. The largest absolute Gasteiger partial charge is 0.340 e. The summed E-state index contributed by atoms with van der Waals surface area (Å²) in [4.78, 5) is 31.6. The molecule has 7 fully saturated rings. The zero-order chi connectivity index (χ0) is 18.9. The third kappa shape index (κ3) is 2.76. The van der Waals surface area contributed by atoms with Crippen LogP contribution in [0.1, 0.15) is 77.0 Å². The van der Waals surface area contributed by atoms with Crippen LogP contribution in [0.15, 0.2) is 0 Å². The molecule has 0 unspecified atom stereocenters. The van der Waals surface area contributed by atoms with Gasteiger partial charge >= 0.3 is 0 Å². The van der Waals surface area contributed by atoms with Gasteiger partial charge in [0.25, 0.3) is 0 Å². The van der Waals surface area contributed by atoms with Gasteiger partial charge in [0.2, 0.25) is 11.8 Å². The highest BCUT2D eigenvalue weighted by atomic mass is 16.2. The van der Waals surface area contributed by atoms with Gasteiger partial charge in [0.1, 0.15) is 6.04 Å². The summed E-state index contributed by atoms with van der Waals surface area (Å²) < 4.78 is 0. The van der Waals surface area contributed by atoms with Gasteiger partial charge in [-0.1, -0.05) is 6.42 Å². The number of fused-ring (bicyclic) bond motifs is 2. The van der Waals surface area contributed by atoms with E-state index in [2.05, 4.69) is 9.80 Å². The van der Waals surface area contributed by atoms with E-state index in [-0.39, 0.29) is 17.4 Å². The molecule has 154 valence electrons. The van der Waals surface area contributed by atoms with Gasteiger partial charge in [0.05, 0.1) is 5.41 Å². The van der Waals surface area contributed by atoms with Crippen molar-refractivity contribution < 1.29 is 9.59 Å². The normalized spacial score (nSPS) is 46.9. The van der Waals surface area contributed by atoms with Crippen molar-refractivity contribution in [1.29, 1.82) is 0 Å². The Labute approximate surface area is 169 Å². The molecule has 6 bridgehead atoms. The van der Waals surface area contributed by atoms with E-state index in [4.69, 9.17) is 0 Å². The van der Waals surface area contributed by atoms with Crippen LogP contribution in [0.2, 0.25) is 0 Å². The van der Waals surface area contributed by atoms with Crippen LogP contribution in [0.3, 0.4) is 0 Å². The molecule has 0 spiro atoms. The minimum absolute atomic E-state index is 0.101. The highest BCUT2D eigenvalue weighted by Gasteiger charge is 2.57. The van der Waals surface area contributed by atoms with Gasteiger partial charge in [-0.25, -0.2) is 0 Å². The van der Waals surface area contributed by atoms with Crippen LogP contribution in [-0.2, 0) is 9.59 Å². The van der Waals surface area contributed by atoms with Crippen LogP contribution >= 0.6 is 0 Å². The summed E-state index contributed by atoms with van der Waals surface area (Å²) in [5.41, 5.74) is -0.101. The Morgan fingerprint density at radius 3 is 1.89 bits per heavy atom. The fraction of sp³-hybridized carbons (Fsp3) is 0.917. The van der Waals surface area contributed by atoms with E-state index in [0.717, 1.165) is 69.5 Å². The molecule has 0 aromatic rings. The van der Waals surface area contributed by atoms with Gasteiger partial charge < -0.3 is 9.80 Å². The second-order valence-corrected chi connectivity index (χ2v) is 11.5. The van der Waals surface area contributed by atoms with E-state index in [0.29, 0.717) is 17.7 Å². The summed E-state index contributed by atoms with van der Waals surface area (Å²) in [5, 5.41) is 0. The second kappa shape index (κ2) is 6.47. The zero-order valence-electron chi connectivity index (χ0n) is 17.3. The third-order valence-electron chi connectivity index (χ3n) is 9.45. The summed E-state index contributed by atoms with van der Waals surface area (Å²) >= 11 is 0. The number of likely N-dealkylation sites (tertiary alicyclic amines) is 2. The number of nitrogens with zero attached hydrogens (tertiary/aromatic N) is 2. The maximum absolute atomic E-state index is 13.8. The third-order valence-corrected chi connectivity index (χ3v) is 9.45. The summed E-state index contributed by atoms with van der Waals surface area (Å²) in [6, 6.07) is -0.153. The van der Waals surface area contributed by atoms with Crippen LogP contribution in [0.4, 0.5) is 0 Å². The number of hydrogen-bond acceptors (Lipinski definition) is 2. The van der Waals surface area contributed by atoms with E-state index in [9.17, 15) is 9.59 Å². The van der Waals surface area contributed by atoms with Crippen molar-refractivity contribution in [2.24, 2.45) is 35.0 Å². The molecule has 0 N–H and O–H groups in total. The Kier molecular flexibility index (Phi) is 4.11. The van der Waals surface area contributed by atoms with Crippen molar-refractivity contribution in [2.45, 2.75) is 83.1 Å². The number of carbonyl (C=O) groups is 2. The average Bonchev–Trinajstić information content (AvgIpc) is 3.15. The lowest BCUT2D eigenvalue weighted by Crippen LogP contribution is -2.58. The number of amides is 2. The maximum Gasteiger partial charge on any atom is 0.245 e. The van der Waals surface area contributed by atoms with Crippen molar-refractivity contribution in [3.8, 4) is 0 Å². The summed E-state index contributed by atoms with van der Waals surface area (Å²) in [6.45, 7) is 2.72. The van der Waals surface area contributed by atoms with Gasteiger partial charge in [-0.2, -0.15) is 0 Å². The predicted octanol–water partition coefficient (Wildman–Crippen LogP) is 3.84. The fourth-order valence-electron chi connectivity index (χ4n) is 8.77. The first-order valence-corrected chi connectivity index (χ1v) is 12.2. The summed E-state index contributed by atoms with van der Waals surface area (Å²) in [5.74, 6) is 4.44. The Hall–Kier alpha value is -1.06. The van der Waals surface area contributed by atoms with Crippen molar-refractivity contribution in [3.05, 3.63) is 0 Å². The van der Waals surface area contributed by atoms with Crippen LogP contribution in [0, 0.1) is 35.0 Å². The molecule has 4 heteroatoms. The van der Waals surface area contributed by atoms with Gasteiger partial charge in [0, 0.05) is 19.6 Å². The molecule has 2 amide bonds. The molecular weight excluding hydrogens is 348 g/mol. The van der Waals surface area contributed by atoms with Gasteiger partial charge in [-0.3, -0.25) is 9.59 Å². The van der Waals surface area contributed by atoms with E-state index >= 15 is 0 Å². The molecule has 2 heterocycles. The number of carbonyl (C=O) groups excluding carboxylic acids is 2. The predicted molar refractivity (Wildman–Crippen MR) is 107 cm³/mol. The standard InChI is InChI=1S/C24H36N2O2/c27-22(25-14-16-3-1-4-17(7-16)15-25)21-5-2-6-26(21)23(28)24-11-18-8-19(12-24)10-20(9-18)13-24/h16-21H,1-15H2/t16-,17-,18?,19?,20?,21+,24?/m0/s1. The molecule has 5 aliphatic carbocycles. The van der Waals surface area contributed by atoms with Crippen LogP contribution in [0.5, 0.6) is 0 Å². The van der Waals surface area contributed by atoms with Crippen molar-refractivity contribution >= 4 is 11.8 Å². The molecule has 3 atom stereocenters. The molecule has 2 saturated heterocycles. The number of rotatable bonds is 2. The van der Waals surface area contributed by atoms with E-state index in [1.54, 1.807) is 0 Å². The van der Waals surface area contributed by atoms with Gasteiger partial charge in [-0.15, -0.1) is 0 Å². The lowest BCUT2D eigenvalue weighted by Gasteiger charge is -2.56. The van der Waals surface area contributed by atoms with E-state index < -0.39 is 0 Å². The molecule has 0 aromatic heterocycles. The van der Waals surface area contributed by atoms with Crippen molar-refractivity contribution in [2.75, 3.05) is 19.6 Å². The highest BCUT2D eigenvalue weighted by Crippen LogP contribution is 2.60. The first kappa shape index (κ1) is 17.8. The Morgan fingerprint density at radius 2 is 1.29 bits per heavy atom. The Morgan fingerprint density at radius 1 is 0.714 bits per heavy atom. The second-order valence-electron chi connectivity index (χ2n) is 11.5. The molecule has 28 heavy (non-hydrogen) atoms. The monoisotopic (exact) mass is 384 g/mol. The first-order chi connectivity index (χ1) is 13.6. The molecule has 2 aliphatic heterocycles. The Bertz CT molecular complexity index is 626. The van der Waals surface area contributed by atoms with Crippen molar-refractivity contribution in [3.63, 3.8) is 0 Å². The lowest BCUT2D eigenvalue weighted by atomic mass is 9.49. The lowest BCUT2D eigenvalue weighted by molar-refractivity contribution is -0.162. The molecule has 5 saturated carbocycles. The minimum atomic E-state index is -0.153. The number of piperidine rings is 1. The SMILES string of the molecule is O=C([C@H]1CCCN1C(=O)C12CC3CC(CC(C3)C1)C2)N1C[C@H]2CCC[C@@H](C2)C1. The molecule has 4 nitrogen and oxygen atoms in total.